The molecule has 11 heteroatoms. The molecular formula is C20H23ClF2N6O2. The molecule has 0 unspecified atom stereocenters. The van der Waals surface area contributed by atoms with E-state index in [1.165, 1.54) is 12.4 Å². The fourth-order valence-corrected chi connectivity index (χ4v) is 4.73. The van der Waals surface area contributed by atoms with Crippen LogP contribution in [0, 0.1) is 0 Å². The van der Waals surface area contributed by atoms with Gasteiger partial charge in [0, 0.05) is 31.6 Å². The first-order valence-electron chi connectivity index (χ1n) is 10.1. The fraction of sp³-hybridized carbons (Fsp3) is 0.500. The fourth-order valence-electron chi connectivity index (χ4n) is 4.44. The van der Waals surface area contributed by atoms with Gasteiger partial charge in [0.25, 0.3) is 0 Å². The van der Waals surface area contributed by atoms with Gasteiger partial charge in [0.15, 0.2) is 0 Å². The topological polar surface area (TPSA) is 71.6 Å². The molecule has 2 saturated heterocycles. The SMILES string of the molecule is C[C@@]1(N2CCN(c3cc4c(cnn4-c4cnn(C(F)F)c4)cc3Cl)CC2)COC[C@@H]1O. The van der Waals surface area contributed by atoms with Crippen molar-refractivity contribution in [3.05, 3.63) is 35.7 Å². The van der Waals surface area contributed by atoms with Gasteiger partial charge in [-0.2, -0.15) is 19.0 Å². The van der Waals surface area contributed by atoms with Gasteiger partial charge in [-0.3, -0.25) is 4.90 Å². The second-order valence-electron chi connectivity index (χ2n) is 8.24. The Morgan fingerprint density at radius 1 is 1.19 bits per heavy atom. The molecule has 8 nitrogen and oxygen atoms in total. The Balaban J connectivity index is 1.41. The van der Waals surface area contributed by atoms with Gasteiger partial charge in [0.2, 0.25) is 0 Å². The lowest BCUT2D eigenvalue weighted by molar-refractivity contribution is 0.00884. The number of alkyl halides is 2. The highest BCUT2D eigenvalue weighted by Gasteiger charge is 2.44. The van der Waals surface area contributed by atoms with Crippen LogP contribution in [0.1, 0.15) is 13.5 Å². The summed E-state index contributed by atoms with van der Waals surface area (Å²) in [6, 6.07) is 3.78. The molecule has 0 amide bonds. The highest BCUT2D eigenvalue weighted by atomic mass is 35.5. The summed E-state index contributed by atoms with van der Waals surface area (Å²) in [6.45, 7) is 3.24. The van der Waals surface area contributed by atoms with Crippen molar-refractivity contribution in [1.29, 1.82) is 0 Å². The Morgan fingerprint density at radius 2 is 1.97 bits per heavy atom. The number of ether oxygens (including phenoxy) is 1. The monoisotopic (exact) mass is 452 g/mol. The van der Waals surface area contributed by atoms with E-state index in [1.807, 2.05) is 19.1 Å². The number of halogens is 3. The molecule has 2 aromatic heterocycles. The minimum atomic E-state index is -2.71. The van der Waals surface area contributed by atoms with Crippen LogP contribution in [-0.4, -0.2) is 80.6 Å². The van der Waals surface area contributed by atoms with Crippen LogP contribution in [0.5, 0.6) is 0 Å². The summed E-state index contributed by atoms with van der Waals surface area (Å²) in [6.07, 6.45) is 3.79. The molecule has 0 spiro atoms. The molecule has 2 fully saturated rings. The maximum Gasteiger partial charge on any atom is 0.333 e. The number of anilines is 1. The quantitative estimate of drug-likeness (QED) is 0.656. The van der Waals surface area contributed by atoms with Crippen molar-refractivity contribution in [3.8, 4) is 5.69 Å². The van der Waals surface area contributed by atoms with Crippen molar-refractivity contribution in [2.75, 3.05) is 44.3 Å². The molecule has 0 bridgehead atoms. The smallest absolute Gasteiger partial charge is 0.333 e. The van der Waals surface area contributed by atoms with E-state index in [1.54, 1.807) is 10.9 Å². The second-order valence-corrected chi connectivity index (χ2v) is 8.64. The number of aliphatic hydroxyl groups excluding tert-OH is 1. The number of rotatable bonds is 4. The summed E-state index contributed by atoms with van der Waals surface area (Å²) in [5.41, 5.74) is 1.72. The predicted molar refractivity (Wildman–Crippen MR) is 112 cm³/mol. The zero-order valence-corrected chi connectivity index (χ0v) is 17.7. The lowest BCUT2D eigenvalue weighted by Gasteiger charge is -2.45. The molecule has 0 radical (unpaired) electrons. The van der Waals surface area contributed by atoms with Crippen molar-refractivity contribution in [1.82, 2.24) is 24.5 Å². The second kappa shape index (κ2) is 7.70. The van der Waals surface area contributed by atoms with Crippen molar-refractivity contribution >= 4 is 28.2 Å². The lowest BCUT2D eigenvalue weighted by Crippen LogP contribution is -2.60. The molecule has 1 aromatic carbocycles. The number of benzene rings is 1. The zero-order valence-electron chi connectivity index (χ0n) is 17.0. The Kier molecular flexibility index (Phi) is 5.12. The predicted octanol–water partition coefficient (Wildman–Crippen LogP) is 2.54. The molecule has 2 aliphatic rings. The van der Waals surface area contributed by atoms with E-state index < -0.39 is 12.7 Å². The molecule has 31 heavy (non-hydrogen) atoms. The third-order valence-corrected chi connectivity index (χ3v) is 6.70. The highest BCUT2D eigenvalue weighted by Crippen LogP contribution is 2.34. The van der Waals surface area contributed by atoms with E-state index in [0.29, 0.717) is 28.6 Å². The van der Waals surface area contributed by atoms with Gasteiger partial charge in [-0.05, 0) is 19.1 Å². The molecule has 166 valence electrons. The summed E-state index contributed by atoms with van der Waals surface area (Å²) in [4.78, 5) is 4.47. The van der Waals surface area contributed by atoms with Gasteiger partial charge in [-0.15, -0.1) is 0 Å². The Labute approximate surface area is 182 Å². The Hall–Kier alpha value is -2.27. The molecule has 3 aromatic rings. The number of hydrogen-bond acceptors (Lipinski definition) is 6. The van der Waals surface area contributed by atoms with E-state index >= 15 is 0 Å². The van der Waals surface area contributed by atoms with E-state index in [9.17, 15) is 13.9 Å². The van der Waals surface area contributed by atoms with Crippen molar-refractivity contribution in [2.24, 2.45) is 0 Å². The molecule has 4 heterocycles. The first-order valence-corrected chi connectivity index (χ1v) is 10.5. The van der Waals surface area contributed by atoms with Crippen LogP contribution in [0.3, 0.4) is 0 Å². The van der Waals surface area contributed by atoms with Crippen molar-refractivity contribution in [3.63, 3.8) is 0 Å². The van der Waals surface area contributed by atoms with Gasteiger partial charge in [-0.25, -0.2) is 9.36 Å². The number of hydrogen-bond donors (Lipinski definition) is 1. The first kappa shape index (κ1) is 20.6. The number of nitrogens with zero attached hydrogens (tertiary/aromatic N) is 6. The molecule has 2 aliphatic heterocycles. The summed E-state index contributed by atoms with van der Waals surface area (Å²) in [7, 11) is 0. The van der Waals surface area contributed by atoms with Gasteiger partial charge in [0.1, 0.15) is 5.69 Å². The summed E-state index contributed by atoms with van der Waals surface area (Å²) in [5, 5.41) is 19.8. The molecule has 0 aliphatic carbocycles. The third kappa shape index (κ3) is 3.47. The van der Waals surface area contributed by atoms with Crippen LogP contribution in [0.25, 0.3) is 16.6 Å². The van der Waals surface area contributed by atoms with Crippen LogP contribution in [-0.2, 0) is 4.74 Å². The van der Waals surface area contributed by atoms with E-state index in [0.717, 1.165) is 42.8 Å². The van der Waals surface area contributed by atoms with E-state index in [2.05, 4.69) is 20.0 Å². The largest absolute Gasteiger partial charge is 0.389 e. The molecule has 0 saturated carbocycles. The van der Waals surface area contributed by atoms with Gasteiger partial charge < -0.3 is 14.7 Å². The maximum absolute atomic E-state index is 12.9. The van der Waals surface area contributed by atoms with Crippen LogP contribution >= 0.6 is 11.6 Å². The van der Waals surface area contributed by atoms with Crippen molar-refractivity contribution < 1.29 is 18.6 Å². The first-order chi connectivity index (χ1) is 14.9. The Bertz CT molecular complexity index is 1100. The van der Waals surface area contributed by atoms with Crippen LogP contribution < -0.4 is 4.90 Å². The van der Waals surface area contributed by atoms with E-state index in [4.69, 9.17) is 16.3 Å². The number of aromatic nitrogens is 4. The number of aliphatic hydroxyl groups is 1. The van der Waals surface area contributed by atoms with Gasteiger partial charge >= 0.3 is 6.55 Å². The minimum absolute atomic E-state index is 0.366. The molecule has 5 rings (SSSR count). The van der Waals surface area contributed by atoms with Crippen molar-refractivity contribution in [2.45, 2.75) is 25.1 Å². The highest BCUT2D eigenvalue weighted by molar-refractivity contribution is 6.34. The zero-order chi connectivity index (χ0) is 21.8. The standard InChI is InChI=1S/C20H23ClF2N6O2/c1-20(12-31-11-18(20)30)27-4-2-26(3-5-27)17-7-16-13(6-15(17)21)8-25-29(16)14-9-24-28(10-14)19(22)23/h6-10,18-19,30H,2-5,11-12H2,1H3/t18-,20+/m0/s1. The van der Waals surface area contributed by atoms with Crippen LogP contribution in [0.2, 0.25) is 5.02 Å². The molecule has 2 atom stereocenters. The molecular weight excluding hydrogens is 430 g/mol. The normalized spacial score (nSPS) is 25.2. The summed E-state index contributed by atoms with van der Waals surface area (Å²) < 4.78 is 33.5. The average Bonchev–Trinajstić information content (AvgIpc) is 3.47. The number of fused-ring (bicyclic) bond motifs is 1. The third-order valence-electron chi connectivity index (χ3n) is 6.40. The minimum Gasteiger partial charge on any atom is -0.389 e. The van der Waals surface area contributed by atoms with Gasteiger partial charge in [-0.1, -0.05) is 11.6 Å². The van der Waals surface area contributed by atoms with Crippen LogP contribution in [0.4, 0.5) is 14.5 Å². The summed E-state index contributed by atoms with van der Waals surface area (Å²) >= 11 is 6.58. The summed E-state index contributed by atoms with van der Waals surface area (Å²) in [5.74, 6) is 0. The molecule has 1 N–H and O–H groups in total. The van der Waals surface area contributed by atoms with Gasteiger partial charge in [0.05, 0.1) is 59.7 Å². The van der Waals surface area contributed by atoms with Crippen LogP contribution in [0.15, 0.2) is 30.7 Å². The number of piperazine rings is 1. The Morgan fingerprint density at radius 3 is 2.61 bits per heavy atom. The average molecular weight is 453 g/mol. The maximum atomic E-state index is 12.9. The van der Waals surface area contributed by atoms with E-state index in [-0.39, 0.29) is 5.54 Å². The lowest BCUT2D eigenvalue weighted by atomic mass is 9.95.